The zero-order chi connectivity index (χ0) is 12.1. The minimum absolute atomic E-state index is 0.994. The molecule has 0 aromatic rings. The molecule has 18 heavy (non-hydrogen) atoms. The quantitative estimate of drug-likeness (QED) is 0.641. The van der Waals surface area contributed by atoms with Gasteiger partial charge in [0.2, 0.25) is 0 Å². The Morgan fingerprint density at radius 1 is 1.11 bits per heavy atom. The Balaban J connectivity index is 1.37. The fourth-order valence-corrected chi connectivity index (χ4v) is 4.96. The minimum Gasteiger partial charge on any atom is -0.0619 e. The summed E-state index contributed by atoms with van der Waals surface area (Å²) in [7, 11) is 0. The summed E-state index contributed by atoms with van der Waals surface area (Å²) in [5.41, 5.74) is 1.61. The number of hydrogen-bond acceptors (Lipinski definition) is 0. The van der Waals surface area contributed by atoms with Crippen LogP contribution in [-0.2, 0) is 0 Å². The van der Waals surface area contributed by atoms with Crippen molar-refractivity contribution in [2.75, 3.05) is 0 Å². The molecule has 6 atom stereocenters. The van der Waals surface area contributed by atoms with Gasteiger partial charge in [0.15, 0.2) is 0 Å². The molecule has 4 aliphatic rings. The van der Waals surface area contributed by atoms with Crippen LogP contribution in [0.4, 0.5) is 0 Å². The van der Waals surface area contributed by atoms with Crippen LogP contribution in [0, 0.1) is 35.5 Å². The van der Waals surface area contributed by atoms with Crippen LogP contribution in [0.15, 0.2) is 23.8 Å². The Hall–Kier alpha value is -0.520. The van der Waals surface area contributed by atoms with E-state index in [0.717, 1.165) is 35.5 Å². The maximum absolute atomic E-state index is 2.52. The lowest BCUT2D eigenvalue weighted by molar-refractivity contribution is 0.374. The number of allylic oxidation sites excluding steroid dienone is 4. The van der Waals surface area contributed by atoms with Gasteiger partial charge in [-0.2, -0.15) is 0 Å². The molecule has 0 heteroatoms. The third-order valence-electron chi connectivity index (χ3n) is 6.35. The third kappa shape index (κ3) is 1.98. The van der Waals surface area contributed by atoms with Crippen molar-refractivity contribution >= 4 is 0 Å². The maximum Gasteiger partial charge on any atom is -0.0250 e. The van der Waals surface area contributed by atoms with Crippen molar-refractivity contribution in [3.8, 4) is 0 Å². The molecule has 98 valence electrons. The molecule has 0 saturated heterocycles. The lowest BCUT2D eigenvalue weighted by Gasteiger charge is -2.20. The van der Waals surface area contributed by atoms with E-state index < -0.39 is 0 Å². The van der Waals surface area contributed by atoms with Gasteiger partial charge in [-0.1, -0.05) is 38.0 Å². The summed E-state index contributed by atoms with van der Waals surface area (Å²) in [5, 5.41) is 0. The van der Waals surface area contributed by atoms with E-state index in [4.69, 9.17) is 0 Å². The molecule has 0 amide bonds. The fourth-order valence-electron chi connectivity index (χ4n) is 4.96. The van der Waals surface area contributed by atoms with Crippen molar-refractivity contribution in [2.45, 2.75) is 51.9 Å². The Labute approximate surface area is 112 Å². The molecule has 4 aliphatic carbocycles. The van der Waals surface area contributed by atoms with Crippen LogP contribution < -0.4 is 0 Å². The minimum atomic E-state index is 0.994. The summed E-state index contributed by atoms with van der Waals surface area (Å²) in [6.45, 7) is 2.52. The van der Waals surface area contributed by atoms with E-state index in [1.54, 1.807) is 24.8 Å². The summed E-state index contributed by atoms with van der Waals surface area (Å²) in [4.78, 5) is 0. The van der Waals surface area contributed by atoms with E-state index in [1.807, 2.05) is 0 Å². The van der Waals surface area contributed by atoms with Gasteiger partial charge in [0, 0.05) is 0 Å². The van der Waals surface area contributed by atoms with E-state index in [2.05, 4.69) is 25.2 Å². The summed E-state index contributed by atoms with van der Waals surface area (Å²) < 4.78 is 0. The largest absolute Gasteiger partial charge is 0.0619 e. The van der Waals surface area contributed by atoms with Crippen molar-refractivity contribution in [3.05, 3.63) is 23.8 Å². The van der Waals surface area contributed by atoms with Crippen LogP contribution in [-0.4, -0.2) is 0 Å². The van der Waals surface area contributed by atoms with E-state index >= 15 is 0 Å². The fraction of sp³-hybridized carbons (Fsp3) is 0.778. The molecule has 6 unspecified atom stereocenters. The van der Waals surface area contributed by atoms with Crippen molar-refractivity contribution < 1.29 is 0 Å². The second-order valence-corrected chi connectivity index (χ2v) is 7.44. The number of rotatable bonds is 2. The number of fused-ring (bicyclic) bond motifs is 3. The summed E-state index contributed by atoms with van der Waals surface area (Å²) in [6, 6.07) is 0. The first-order chi connectivity index (χ1) is 8.83. The van der Waals surface area contributed by atoms with Crippen molar-refractivity contribution in [1.82, 2.24) is 0 Å². The first kappa shape index (κ1) is 11.3. The average molecular weight is 242 g/mol. The highest BCUT2D eigenvalue weighted by Crippen LogP contribution is 2.64. The van der Waals surface area contributed by atoms with Gasteiger partial charge in [-0.15, -0.1) is 0 Å². The topological polar surface area (TPSA) is 0 Å². The van der Waals surface area contributed by atoms with E-state index in [0.29, 0.717) is 0 Å². The van der Waals surface area contributed by atoms with Gasteiger partial charge in [0.25, 0.3) is 0 Å². The van der Waals surface area contributed by atoms with Crippen LogP contribution in [0.25, 0.3) is 0 Å². The smallest absolute Gasteiger partial charge is 0.0250 e. The second kappa shape index (κ2) is 4.25. The van der Waals surface area contributed by atoms with Crippen LogP contribution >= 0.6 is 0 Å². The molecule has 0 bridgehead atoms. The van der Waals surface area contributed by atoms with Gasteiger partial charge < -0.3 is 0 Å². The van der Waals surface area contributed by atoms with Gasteiger partial charge in [-0.25, -0.2) is 0 Å². The molecule has 3 fully saturated rings. The average Bonchev–Trinajstić information content (AvgIpc) is 3.17. The van der Waals surface area contributed by atoms with Crippen molar-refractivity contribution in [3.63, 3.8) is 0 Å². The molecular weight excluding hydrogens is 216 g/mol. The van der Waals surface area contributed by atoms with E-state index in [-0.39, 0.29) is 0 Å². The first-order valence-corrected chi connectivity index (χ1v) is 8.20. The molecule has 0 heterocycles. The second-order valence-electron chi connectivity index (χ2n) is 7.44. The molecule has 0 aliphatic heterocycles. The summed E-state index contributed by atoms with van der Waals surface area (Å²) in [5.74, 6) is 6.65. The zero-order valence-electron chi connectivity index (χ0n) is 11.6. The lowest BCUT2D eigenvalue weighted by Crippen LogP contribution is -2.06. The Morgan fingerprint density at radius 2 is 2.00 bits per heavy atom. The van der Waals surface area contributed by atoms with Crippen LogP contribution in [0.1, 0.15) is 51.9 Å². The molecule has 3 saturated carbocycles. The normalized spacial score (nSPS) is 49.5. The van der Waals surface area contributed by atoms with Gasteiger partial charge in [0.1, 0.15) is 0 Å². The molecular formula is C18H26. The molecule has 0 radical (unpaired) electrons. The third-order valence-corrected chi connectivity index (χ3v) is 6.35. The Morgan fingerprint density at radius 3 is 2.78 bits per heavy atom. The summed E-state index contributed by atoms with van der Waals surface area (Å²) in [6.07, 6.45) is 17.4. The monoisotopic (exact) mass is 242 g/mol. The van der Waals surface area contributed by atoms with Crippen molar-refractivity contribution in [1.29, 1.82) is 0 Å². The predicted molar refractivity (Wildman–Crippen MR) is 76.2 cm³/mol. The molecule has 0 spiro atoms. The van der Waals surface area contributed by atoms with Crippen LogP contribution in [0.5, 0.6) is 0 Å². The SMILES string of the molecule is CC1C2CCCC(CC3=CC=C3)CCC3CC3C12. The molecule has 4 rings (SSSR count). The first-order valence-electron chi connectivity index (χ1n) is 8.20. The van der Waals surface area contributed by atoms with Crippen LogP contribution in [0.2, 0.25) is 0 Å². The van der Waals surface area contributed by atoms with Gasteiger partial charge >= 0.3 is 0 Å². The van der Waals surface area contributed by atoms with E-state index in [1.165, 1.54) is 25.7 Å². The molecule has 0 aromatic heterocycles. The number of hydrogen-bond donors (Lipinski definition) is 0. The molecule has 0 aromatic carbocycles. The van der Waals surface area contributed by atoms with Gasteiger partial charge in [-0.05, 0) is 73.2 Å². The molecule has 0 nitrogen and oxygen atoms in total. The highest BCUT2D eigenvalue weighted by atomic mass is 14.6. The zero-order valence-corrected chi connectivity index (χ0v) is 11.6. The standard InChI is InChI=1S/C18H26/c1-12-16-7-3-6-14(10-13-4-2-5-13)8-9-15-11-17(15)18(12)16/h2,4-5,12,14-18H,3,6-11H2,1H3. The van der Waals surface area contributed by atoms with Gasteiger partial charge in [0.05, 0.1) is 0 Å². The Kier molecular flexibility index (Phi) is 2.67. The van der Waals surface area contributed by atoms with Crippen LogP contribution in [0.3, 0.4) is 0 Å². The highest BCUT2D eigenvalue weighted by Gasteiger charge is 2.57. The van der Waals surface area contributed by atoms with Crippen molar-refractivity contribution in [2.24, 2.45) is 35.5 Å². The Bertz CT molecular complexity index is 387. The predicted octanol–water partition coefficient (Wildman–Crippen LogP) is 4.97. The van der Waals surface area contributed by atoms with E-state index in [9.17, 15) is 0 Å². The lowest BCUT2D eigenvalue weighted by atomic mass is 9.86. The van der Waals surface area contributed by atoms with Gasteiger partial charge in [-0.3, -0.25) is 0 Å². The summed E-state index contributed by atoms with van der Waals surface area (Å²) >= 11 is 0. The maximum atomic E-state index is 2.52. The highest BCUT2D eigenvalue weighted by molar-refractivity contribution is 5.35. The molecule has 0 N–H and O–H groups in total.